The molecule has 0 saturated heterocycles. The number of nitrogens with one attached hydrogen (secondary N) is 1. The Morgan fingerprint density at radius 2 is 2.16 bits per heavy atom. The summed E-state index contributed by atoms with van der Waals surface area (Å²) < 4.78 is 0. The second kappa shape index (κ2) is 5.40. The second-order valence-corrected chi connectivity index (χ2v) is 5.61. The smallest absolute Gasteiger partial charge is 0.257 e. The van der Waals surface area contributed by atoms with Gasteiger partial charge in [-0.25, -0.2) is 4.98 Å². The van der Waals surface area contributed by atoms with E-state index >= 15 is 0 Å². The van der Waals surface area contributed by atoms with Crippen LogP contribution in [0.25, 0.3) is 0 Å². The van der Waals surface area contributed by atoms with E-state index in [1.54, 1.807) is 12.1 Å². The maximum absolute atomic E-state index is 12.2. The summed E-state index contributed by atoms with van der Waals surface area (Å²) in [6, 6.07) is 5.32. The van der Waals surface area contributed by atoms with Crippen molar-refractivity contribution < 1.29 is 4.79 Å². The van der Waals surface area contributed by atoms with Gasteiger partial charge in [-0.2, -0.15) is 0 Å². The van der Waals surface area contributed by atoms with Gasteiger partial charge in [-0.15, -0.1) is 11.3 Å². The largest absolute Gasteiger partial charge is 0.399 e. The number of aryl methyl sites for hydroxylation is 3. The summed E-state index contributed by atoms with van der Waals surface area (Å²) in [5.74, 6) is -0.166. The number of amides is 1. The van der Waals surface area contributed by atoms with Gasteiger partial charge in [0.05, 0.1) is 5.69 Å². The zero-order chi connectivity index (χ0) is 14.0. The number of nitrogens with two attached hydrogens (primary N) is 1. The topological polar surface area (TPSA) is 68.0 Å². The molecule has 100 valence electrons. The lowest BCUT2D eigenvalue weighted by molar-refractivity contribution is 0.102. The van der Waals surface area contributed by atoms with Gasteiger partial charge < -0.3 is 5.73 Å². The summed E-state index contributed by atoms with van der Waals surface area (Å²) in [6.45, 7) is 5.95. The molecule has 19 heavy (non-hydrogen) atoms. The van der Waals surface area contributed by atoms with Gasteiger partial charge in [0.15, 0.2) is 5.13 Å². The number of anilines is 2. The molecule has 3 N–H and O–H groups in total. The fourth-order valence-corrected chi connectivity index (χ4v) is 2.76. The first-order chi connectivity index (χ1) is 9.01. The molecule has 5 heteroatoms. The van der Waals surface area contributed by atoms with Gasteiger partial charge in [0, 0.05) is 16.1 Å². The van der Waals surface area contributed by atoms with Gasteiger partial charge >= 0.3 is 0 Å². The SMILES string of the molecule is CCc1nc(NC(=O)c2cc(N)ccc2C)sc1C. The van der Waals surface area contributed by atoms with E-state index in [-0.39, 0.29) is 5.91 Å². The first-order valence-corrected chi connectivity index (χ1v) is 6.96. The van der Waals surface area contributed by atoms with E-state index < -0.39 is 0 Å². The molecule has 0 aliphatic heterocycles. The molecule has 1 amide bonds. The highest BCUT2D eigenvalue weighted by atomic mass is 32.1. The quantitative estimate of drug-likeness (QED) is 0.845. The molecule has 2 rings (SSSR count). The molecule has 0 aliphatic carbocycles. The Balaban J connectivity index is 2.22. The fourth-order valence-electron chi connectivity index (χ4n) is 1.86. The molecular weight excluding hydrogens is 258 g/mol. The van der Waals surface area contributed by atoms with E-state index in [2.05, 4.69) is 17.2 Å². The Bertz CT molecular complexity index is 619. The summed E-state index contributed by atoms with van der Waals surface area (Å²) in [4.78, 5) is 17.7. The predicted molar refractivity (Wildman–Crippen MR) is 79.8 cm³/mol. The Labute approximate surface area is 116 Å². The van der Waals surface area contributed by atoms with Crippen molar-refractivity contribution in [2.24, 2.45) is 0 Å². The van der Waals surface area contributed by atoms with Crippen LogP contribution in [-0.2, 0) is 6.42 Å². The molecule has 1 heterocycles. The van der Waals surface area contributed by atoms with E-state index in [0.717, 1.165) is 22.6 Å². The molecule has 0 fully saturated rings. The molecule has 1 aromatic carbocycles. The van der Waals surface area contributed by atoms with Crippen molar-refractivity contribution in [2.45, 2.75) is 27.2 Å². The molecule has 4 nitrogen and oxygen atoms in total. The van der Waals surface area contributed by atoms with Crippen LogP contribution in [0.15, 0.2) is 18.2 Å². The third-order valence-corrected chi connectivity index (χ3v) is 3.88. The van der Waals surface area contributed by atoms with Crippen LogP contribution in [0, 0.1) is 13.8 Å². The van der Waals surface area contributed by atoms with Gasteiger partial charge in [-0.1, -0.05) is 13.0 Å². The fraction of sp³-hybridized carbons (Fsp3) is 0.286. The molecule has 0 aliphatic rings. The molecule has 0 unspecified atom stereocenters. The van der Waals surface area contributed by atoms with E-state index in [0.29, 0.717) is 16.4 Å². The maximum atomic E-state index is 12.2. The molecule has 2 aromatic rings. The number of nitrogen functional groups attached to an aromatic ring is 1. The minimum absolute atomic E-state index is 0.166. The van der Waals surface area contributed by atoms with Crippen LogP contribution >= 0.6 is 11.3 Å². The van der Waals surface area contributed by atoms with Crippen molar-refractivity contribution >= 4 is 28.1 Å². The second-order valence-electron chi connectivity index (χ2n) is 4.40. The number of thiazole rings is 1. The summed E-state index contributed by atoms with van der Waals surface area (Å²) in [5, 5.41) is 3.47. The molecule has 0 spiro atoms. The third kappa shape index (κ3) is 2.93. The molecule has 0 saturated carbocycles. The van der Waals surface area contributed by atoms with Gasteiger partial charge in [0.1, 0.15) is 0 Å². The van der Waals surface area contributed by atoms with Crippen LogP contribution in [0.5, 0.6) is 0 Å². The standard InChI is InChI=1S/C14H17N3OS/c1-4-12-9(3)19-14(16-12)17-13(18)11-7-10(15)6-5-8(11)2/h5-7H,4,15H2,1-3H3,(H,16,17,18). The Hall–Kier alpha value is -1.88. The molecule has 0 atom stereocenters. The first kappa shape index (κ1) is 13.5. The van der Waals surface area contributed by atoms with Crippen LogP contribution in [0.3, 0.4) is 0 Å². The summed E-state index contributed by atoms with van der Waals surface area (Å²) in [6.07, 6.45) is 0.871. The van der Waals surface area contributed by atoms with Crippen LogP contribution in [0.1, 0.15) is 33.4 Å². The van der Waals surface area contributed by atoms with E-state index in [9.17, 15) is 4.79 Å². The van der Waals surface area contributed by atoms with Crippen molar-refractivity contribution in [3.8, 4) is 0 Å². The molecule has 1 aromatic heterocycles. The van der Waals surface area contributed by atoms with Crippen LogP contribution in [-0.4, -0.2) is 10.9 Å². The predicted octanol–water partition coefficient (Wildman–Crippen LogP) is 3.16. The zero-order valence-electron chi connectivity index (χ0n) is 11.3. The number of aromatic nitrogens is 1. The van der Waals surface area contributed by atoms with Crippen molar-refractivity contribution in [1.82, 2.24) is 4.98 Å². The number of rotatable bonds is 3. The minimum Gasteiger partial charge on any atom is -0.399 e. The zero-order valence-corrected chi connectivity index (χ0v) is 12.1. The average Bonchev–Trinajstić information content (AvgIpc) is 2.72. The lowest BCUT2D eigenvalue weighted by atomic mass is 10.1. The van der Waals surface area contributed by atoms with E-state index in [4.69, 9.17) is 5.73 Å². The first-order valence-electron chi connectivity index (χ1n) is 6.15. The molecule has 0 bridgehead atoms. The maximum Gasteiger partial charge on any atom is 0.257 e. The lowest BCUT2D eigenvalue weighted by Gasteiger charge is -2.06. The van der Waals surface area contributed by atoms with Gasteiger partial charge in [0.25, 0.3) is 5.91 Å². The summed E-state index contributed by atoms with van der Waals surface area (Å²) in [5.41, 5.74) is 8.82. The third-order valence-electron chi connectivity index (χ3n) is 2.95. The lowest BCUT2D eigenvalue weighted by Crippen LogP contribution is -2.13. The Morgan fingerprint density at radius 1 is 1.42 bits per heavy atom. The van der Waals surface area contributed by atoms with E-state index in [1.807, 2.05) is 19.9 Å². The Morgan fingerprint density at radius 3 is 2.79 bits per heavy atom. The highest BCUT2D eigenvalue weighted by Crippen LogP contribution is 2.23. The van der Waals surface area contributed by atoms with Crippen LogP contribution < -0.4 is 11.1 Å². The van der Waals surface area contributed by atoms with Gasteiger partial charge in [0.2, 0.25) is 0 Å². The highest BCUT2D eigenvalue weighted by Gasteiger charge is 2.13. The van der Waals surface area contributed by atoms with Crippen LogP contribution in [0.2, 0.25) is 0 Å². The monoisotopic (exact) mass is 275 g/mol. The summed E-state index contributed by atoms with van der Waals surface area (Å²) in [7, 11) is 0. The van der Waals surface area contributed by atoms with Gasteiger partial charge in [-0.3, -0.25) is 10.1 Å². The van der Waals surface area contributed by atoms with Crippen molar-refractivity contribution in [1.29, 1.82) is 0 Å². The molecule has 0 radical (unpaired) electrons. The number of nitrogens with zero attached hydrogens (tertiary/aromatic N) is 1. The number of hydrogen-bond acceptors (Lipinski definition) is 4. The van der Waals surface area contributed by atoms with E-state index in [1.165, 1.54) is 11.3 Å². The van der Waals surface area contributed by atoms with Gasteiger partial charge in [-0.05, 0) is 38.0 Å². The van der Waals surface area contributed by atoms with Crippen LogP contribution in [0.4, 0.5) is 10.8 Å². The number of carbonyl (C=O) groups is 1. The normalized spacial score (nSPS) is 10.5. The highest BCUT2D eigenvalue weighted by molar-refractivity contribution is 7.15. The number of benzene rings is 1. The number of carbonyl (C=O) groups excluding carboxylic acids is 1. The average molecular weight is 275 g/mol. The minimum atomic E-state index is -0.166. The Kier molecular flexibility index (Phi) is 3.85. The number of hydrogen-bond donors (Lipinski definition) is 2. The molecular formula is C14H17N3OS. The summed E-state index contributed by atoms with van der Waals surface area (Å²) >= 11 is 1.50. The van der Waals surface area contributed by atoms with Crippen molar-refractivity contribution in [2.75, 3.05) is 11.1 Å². The van der Waals surface area contributed by atoms with Crippen molar-refractivity contribution in [3.63, 3.8) is 0 Å². The van der Waals surface area contributed by atoms with Crippen molar-refractivity contribution in [3.05, 3.63) is 39.9 Å².